The number of carbonyl (C=O) groups excluding carboxylic acids is 2. The maximum Gasteiger partial charge on any atom is 0.331 e. The predicted octanol–water partition coefficient (Wildman–Crippen LogP) is 0.648. The zero-order valence-corrected chi connectivity index (χ0v) is 9.88. The summed E-state index contributed by atoms with van der Waals surface area (Å²) in [6.45, 7) is 9.41. The van der Waals surface area contributed by atoms with Crippen molar-refractivity contribution in [3.05, 3.63) is 25.3 Å². The number of nitrogens with two attached hydrogens (primary N) is 1. The van der Waals surface area contributed by atoms with E-state index in [9.17, 15) is 9.59 Å². The fourth-order valence-electron chi connectivity index (χ4n) is 0.480. The van der Waals surface area contributed by atoms with E-state index in [4.69, 9.17) is 11.0 Å². The highest BCUT2D eigenvalue weighted by Gasteiger charge is 2.01. The van der Waals surface area contributed by atoms with E-state index in [0.29, 0.717) is 0 Å². The summed E-state index contributed by atoms with van der Waals surface area (Å²) in [7, 11) is 0. The fourth-order valence-corrected chi connectivity index (χ4v) is 0.480. The van der Waals surface area contributed by atoms with Gasteiger partial charge in [-0.3, -0.25) is 5.73 Å². The van der Waals surface area contributed by atoms with Crippen molar-refractivity contribution in [3.63, 3.8) is 0 Å². The van der Waals surface area contributed by atoms with Gasteiger partial charge in [0.05, 0.1) is 0 Å². The first kappa shape index (κ1) is 17.3. The lowest BCUT2D eigenvalue weighted by atomic mass is 10.4. The molecule has 2 atom stereocenters. The maximum absolute atomic E-state index is 10.3. The Morgan fingerprint density at radius 1 is 1.24 bits per heavy atom. The lowest BCUT2D eigenvalue weighted by Gasteiger charge is -2.02. The van der Waals surface area contributed by atoms with Gasteiger partial charge in [-0.2, -0.15) is 5.26 Å². The summed E-state index contributed by atoms with van der Waals surface area (Å²) < 4.78 is 8.85. The Morgan fingerprint density at radius 2 is 1.65 bits per heavy atom. The molecule has 0 fully saturated rings. The summed E-state index contributed by atoms with van der Waals surface area (Å²) in [6, 6.07) is 1.74. The van der Waals surface area contributed by atoms with E-state index in [1.807, 2.05) is 0 Å². The van der Waals surface area contributed by atoms with Crippen molar-refractivity contribution in [1.82, 2.24) is 0 Å². The van der Waals surface area contributed by atoms with E-state index in [0.717, 1.165) is 12.2 Å². The second-order valence-electron chi connectivity index (χ2n) is 2.76. The van der Waals surface area contributed by atoms with E-state index >= 15 is 0 Å². The summed E-state index contributed by atoms with van der Waals surface area (Å²) in [4.78, 5) is 20.5. The third-order valence-electron chi connectivity index (χ3n) is 1.11. The van der Waals surface area contributed by atoms with E-state index < -0.39 is 24.3 Å². The molecule has 0 aliphatic rings. The Hall–Kier alpha value is -2.13. The quantitative estimate of drug-likeness (QED) is 0.439. The summed E-state index contributed by atoms with van der Waals surface area (Å²) in [5, 5.41) is 8.12. The van der Waals surface area contributed by atoms with Gasteiger partial charge >= 0.3 is 11.9 Å². The molecular weight excluding hydrogens is 224 g/mol. The molecule has 6 heteroatoms. The molecule has 6 nitrogen and oxygen atoms in total. The first-order valence-electron chi connectivity index (χ1n) is 4.68. The third kappa shape index (κ3) is 13.9. The number of ether oxygens (including phenoxy) is 2. The molecular formula is C11H16N2O4. The molecule has 17 heavy (non-hydrogen) atoms. The summed E-state index contributed by atoms with van der Waals surface area (Å²) in [5.41, 5.74) is 5.08. The van der Waals surface area contributed by atoms with Crippen LogP contribution in [0, 0.1) is 11.3 Å². The van der Waals surface area contributed by atoms with Crippen LogP contribution in [0.4, 0.5) is 0 Å². The van der Waals surface area contributed by atoms with Crippen molar-refractivity contribution in [2.24, 2.45) is 5.73 Å². The molecule has 0 rings (SSSR count). The van der Waals surface area contributed by atoms with Crippen LogP contribution >= 0.6 is 0 Å². The molecule has 2 N–H and O–H groups in total. The monoisotopic (exact) mass is 240 g/mol. The number of hydrogen-bond acceptors (Lipinski definition) is 6. The Morgan fingerprint density at radius 3 is 1.88 bits per heavy atom. The van der Waals surface area contributed by atoms with Crippen LogP contribution in [0.15, 0.2) is 25.3 Å². The zero-order chi connectivity index (χ0) is 13.8. The van der Waals surface area contributed by atoms with Crippen LogP contribution in [0.2, 0.25) is 0 Å². The van der Waals surface area contributed by atoms with Crippen LogP contribution in [0.5, 0.6) is 0 Å². The topological polar surface area (TPSA) is 102 Å². The van der Waals surface area contributed by atoms with Crippen LogP contribution in [-0.4, -0.2) is 24.3 Å². The van der Waals surface area contributed by atoms with Crippen LogP contribution < -0.4 is 5.73 Å². The van der Waals surface area contributed by atoms with Crippen molar-refractivity contribution < 1.29 is 19.1 Å². The largest absolute Gasteiger partial charge is 0.444 e. The van der Waals surface area contributed by atoms with Crippen molar-refractivity contribution in [2.75, 3.05) is 0 Å². The maximum atomic E-state index is 10.3. The molecule has 0 aromatic heterocycles. The average Bonchev–Trinajstić information content (AvgIpc) is 2.28. The minimum atomic E-state index is -0.685. The lowest BCUT2D eigenvalue weighted by Crippen LogP contribution is -2.21. The van der Waals surface area contributed by atoms with Gasteiger partial charge in [-0.25, -0.2) is 9.59 Å². The van der Waals surface area contributed by atoms with E-state index in [-0.39, 0.29) is 0 Å². The van der Waals surface area contributed by atoms with Crippen LogP contribution in [0.1, 0.15) is 13.8 Å². The normalized spacial score (nSPS) is 11.6. The molecule has 0 aromatic rings. The highest BCUT2D eigenvalue weighted by molar-refractivity contribution is 5.81. The number of rotatable bonds is 4. The van der Waals surface area contributed by atoms with Gasteiger partial charge in [0.2, 0.25) is 0 Å². The van der Waals surface area contributed by atoms with Gasteiger partial charge in [0, 0.05) is 12.2 Å². The van der Waals surface area contributed by atoms with Gasteiger partial charge in [-0.05, 0) is 13.8 Å². The third-order valence-corrected chi connectivity index (χ3v) is 1.11. The molecule has 0 heterocycles. The van der Waals surface area contributed by atoms with Gasteiger partial charge in [-0.1, -0.05) is 13.2 Å². The highest BCUT2D eigenvalue weighted by Crippen LogP contribution is 1.88. The molecule has 0 aliphatic heterocycles. The Balaban J connectivity index is 0. The minimum Gasteiger partial charge on any atom is -0.444 e. The van der Waals surface area contributed by atoms with Crippen molar-refractivity contribution >= 4 is 11.9 Å². The average molecular weight is 240 g/mol. The Labute approximate surface area is 100 Å². The molecule has 0 saturated heterocycles. The molecule has 0 radical (unpaired) electrons. The van der Waals surface area contributed by atoms with Crippen LogP contribution in [-0.2, 0) is 19.1 Å². The molecule has 0 aromatic carbocycles. The minimum absolute atomic E-state index is 0.486. The molecule has 0 spiro atoms. The smallest absolute Gasteiger partial charge is 0.331 e. The van der Waals surface area contributed by atoms with Crippen molar-refractivity contribution in [2.45, 2.75) is 26.2 Å². The number of hydrogen-bond donors (Lipinski definition) is 1. The van der Waals surface area contributed by atoms with Gasteiger partial charge in [0.1, 0.15) is 12.3 Å². The number of esters is 2. The van der Waals surface area contributed by atoms with Crippen molar-refractivity contribution in [3.8, 4) is 6.07 Å². The summed E-state index contributed by atoms with van der Waals surface area (Å²) in [5.74, 6) is -1.05. The van der Waals surface area contributed by atoms with Crippen LogP contribution in [0.3, 0.4) is 0 Å². The fraction of sp³-hybridized carbons (Fsp3) is 0.364. The SMILES string of the molecule is C=CC(=O)OC(C)C#N.C=CC(=O)OC(C)N. The standard InChI is InChI=1S/C6H7NO2.C5H9NO2/c1-3-6(8)9-5(2)4-7;1-3-5(7)8-4(2)6/h3,5H,1H2,2H3;3-4H,1,6H2,2H3. The number of nitrogens with zero attached hydrogens (tertiary/aromatic N) is 1. The van der Waals surface area contributed by atoms with Gasteiger partial charge in [-0.15, -0.1) is 0 Å². The zero-order valence-electron chi connectivity index (χ0n) is 9.88. The van der Waals surface area contributed by atoms with Gasteiger partial charge in [0.15, 0.2) is 6.10 Å². The first-order chi connectivity index (χ1) is 7.87. The highest BCUT2D eigenvalue weighted by atomic mass is 16.6. The van der Waals surface area contributed by atoms with Crippen LogP contribution in [0.25, 0.3) is 0 Å². The number of nitriles is 1. The van der Waals surface area contributed by atoms with E-state index in [1.165, 1.54) is 6.92 Å². The molecule has 2 unspecified atom stereocenters. The molecule has 0 amide bonds. The summed E-state index contributed by atoms with van der Waals surface area (Å²) >= 11 is 0. The van der Waals surface area contributed by atoms with Gasteiger partial charge < -0.3 is 9.47 Å². The van der Waals surface area contributed by atoms with Crippen molar-refractivity contribution in [1.29, 1.82) is 5.26 Å². The van der Waals surface area contributed by atoms with E-state index in [1.54, 1.807) is 13.0 Å². The number of carbonyl (C=O) groups is 2. The second kappa shape index (κ2) is 10.4. The second-order valence-corrected chi connectivity index (χ2v) is 2.76. The first-order valence-corrected chi connectivity index (χ1v) is 4.68. The molecule has 0 bridgehead atoms. The Kier molecular flexibility index (Phi) is 10.6. The molecule has 0 saturated carbocycles. The van der Waals surface area contributed by atoms with E-state index in [2.05, 4.69) is 22.6 Å². The Bertz CT molecular complexity index is 318. The molecule has 94 valence electrons. The summed E-state index contributed by atoms with van der Waals surface area (Å²) in [6.07, 6.45) is 0.869. The van der Waals surface area contributed by atoms with Gasteiger partial charge in [0.25, 0.3) is 0 Å². The lowest BCUT2D eigenvalue weighted by molar-refractivity contribution is -0.142. The predicted molar refractivity (Wildman–Crippen MR) is 61.3 cm³/mol. The molecule has 0 aliphatic carbocycles.